The third-order valence-electron chi connectivity index (χ3n) is 2.41. The first-order valence-corrected chi connectivity index (χ1v) is 6.83. The number of carbonyl (C=O) groups is 2. The first-order valence-electron chi connectivity index (χ1n) is 5.44. The number of hydrogen-bond donors (Lipinski definition) is 2. The first kappa shape index (κ1) is 15.4. The minimum atomic E-state index is -1.28. The van der Waals surface area contributed by atoms with E-state index in [1.165, 1.54) is 17.8 Å². The summed E-state index contributed by atoms with van der Waals surface area (Å²) in [7, 11) is 0. The highest BCUT2D eigenvalue weighted by atomic mass is 32.2. The monoisotopic (exact) mass is 289 g/mol. The molecule has 0 saturated heterocycles. The molecule has 1 atom stereocenters. The van der Waals surface area contributed by atoms with Crippen molar-refractivity contribution in [2.45, 2.75) is 12.5 Å². The van der Waals surface area contributed by atoms with Gasteiger partial charge in [0.05, 0.1) is 5.56 Å². The fourth-order valence-electron chi connectivity index (χ4n) is 1.41. The Balaban J connectivity index is 2.82. The van der Waals surface area contributed by atoms with Crippen LogP contribution in [0, 0.1) is 11.6 Å². The van der Waals surface area contributed by atoms with Crippen molar-refractivity contribution in [2.75, 3.05) is 12.0 Å². The van der Waals surface area contributed by atoms with Crippen LogP contribution in [0.5, 0.6) is 0 Å². The molecule has 7 heteroatoms. The van der Waals surface area contributed by atoms with Crippen LogP contribution in [-0.4, -0.2) is 35.0 Å². The van der Waals surface area contributed by atoms with Gasteiger partial charge in [-0.3, -0.25) is 4.79 Å². The van der Waals surface area contributed by atoms with E-state index >= 15 is 0 Å². The summed E-state index contributed by atoms with van der Waals surface area (Å²) in [5.74, 6) is -4.05. The Labute approximate surface area is 113 Å². The molecular weight excluding hydrogens is 276 g/mol. The van der Waals surface area contributed by atoms with Crippen LogP contribution < -0.4 is 5.32 Å². The van der Waals surface area contributed by atoms with E-state index in [1.807, 2.05) is 0 Å². The predicted molar refractivity (Wildman–Crippen MR) is 68.2 cm³/mol. The molecule has 0 aromatic heterocycles. The Morgan fingerprint density at radius 1 is 1.42 bits per heavy atom. The Kier molecular flexibility index (Phi) is 5.75. The topological polar surface area (TPSA) is 66.4 Å². The van der Waals surface area contributed by atoms with Gasteiger partial charge in [-0.25, -0.2) is 13.6 Å². The molecule has 0 bridgehead atoms. The average Bonchev–Trinajstić information content (AvgIpc) is 2.37. The minimum Gasteiger partial charge on any atom is -0.480 e. The number of nitrogens with one attached hydrogen (secondary N) is 1. The lowest BCUT2D eigenvalue weighted by Crippen LogP contribution is -2.41. The number of halogens is 2. The molecule has 1 aromatic carbocycles. The Morgan fingerprint density at radius 3 is 2.68 bits per heavy atom. The summed E-state index contributed by atoms with van der Waals surface area (Å²) >= 11 is 1.43. The molecule has 0 fully saturated rings. The summed E-state index contributed by atoms with van der Waals surface area (Å²) < 4.78 is 26.3. The average molecular weight is 289 g/mol. The number of carbonyl (C=O) groups excluding carboxylic acids is 1. The second kappa shape index (κ2) is 7.08. The van der Waals surface area contributed by atoms with Gasteiger partial charge >= 0.3 is 5.97 Å². The quantitative estimate of drug-likeness (QED) is 0.839. The van der Waals surface area contributed by atoms with E-state index < -0.39 is 35.1 Å². The number of hydrogen-bond acceptors (Lipinski definition) is 3. The largest absolute Gasteiger partial charge is 0.480 e. The fourth-order valence-corrected chi connectivity index (χ4v) is 1.88. The summed E-state index contributed by atoms with van der Waals surface area (Å²) in [6, 6.07) is 2.04. The van der Waals surface area contributed by atoms with Gasteiger partial charge in [0, 0.05) is 0 Å². The molecule has 19 heavy (non-hydrogen) atoms. The van der Waals surface area contributed by atoms with Crippen molar-refractivity contribution in [3.05, 3.63) is 35.4 Å². The molecular formula is C12H13F2NO3S. The van der Waals surface area contributed by atoms with Crippen LogP contribution in [0.4, 0.5) is 8.78 Å². The number of amides is 1. The number of carboxylic acid groups (broad SMARTS) is 1. The zero-order chi connectivity index (χ0) is 14.4. The van der Waals surface area contributed by atoms with Crippen LogP contribution in [0.25, 0.3) is 0 Å². The fraction of sp³-hybridized carbons (Fsp3) is 0.333. The van der Waals surface area contributed by atoms with Crippen molar-refractivity contribution in [3.8, 4) is 0 Å². The van der Waals surface area contributed by atoms with Gasteiger partial charge in [-0.2, -0.15) is 11.8 Å². The summed E-state index contributed by atoms with van der Waals surface area (Å²) in [5.41, 5.74) is -0.504. The smallest absolute Gasteiger partial charge is 0.326 e. The zero-order valence-corrected chi connectivity index (χ0v) is 11.0. The lowest BCUT2D eigenvalue weighted by Gasteiger charge is -2.14. The Hall–Kier alpha value is -1.63. The van der Waals surface area contributed by atoms with E-state index in [9.17, 15) is 18.4 Å². The lowest BCUT2D eigenvalue weighted by atomic mass is 10.1. The highest BCUT2D eigenvalue weighted by molar-refractivity contribution is 7.98. The Bertz CT molecular complexity index is 482. The SMILES string of the molecule is CSCCC(NC(=O)c1cccc(F)c1F)C(=O)O. The van der Waals surface area contributed by atoms with Crippen molar-refractivity contribution in [2.24, 2.45) is 0 Å². The first-order chi connectivity index (χ1) is 8.97. The number of thioether (sulfide) groups is 1. The summed E-state index contributed by atoms with van der Waals surface area (Å²) in [6.07, 6.45) is 2.01. The predicted octanol–water partition coefficient (Wildman–Crippen LogP) is 1.90. The highest BCUT2D eigenvalue weighted by Gasteiger charge is 2.22. The van der Waals surface area contributed by atoms with Crippen LogP contribution in [0.1, 0.15) is 16.8 Å². The molecule has 4 nitrogen and oxygen atoms in total. The molecule has 1 unspecified atom stereocenters. The summed E-state index contributed by atoms with van der Waals surface area (Å²) in [4.78, 5) is 22.6. The maximum Gasteiger partial charge on any atom is 0.326 e. The minimum absolute atomic E-state index is 0.208. The number of benzene rings is 1. The van der Waals surface area contributed by atoms with Crippen LogP contribution in [0.3, 0.4) is 0 Å². The molecule has 0 spiro atoms. The van der Waals surface area contributed by atoms with Crippen LogP contribution >= 0.6 is 11.8 Å². The standard InChI is InChI=1S/C12H13F2NO3S/c1-19-6-5-9(12(17)18)15-11(16)7-3-2-4-8(13)10(7)14/h2-4,9H,5-6H2,1H3,(H,15,16)(H,17,18). The van der Waals surface area contributed by atoms with Crippen LogP contribution in [0.15, 0.2) is 18.2 Å². The van der Waals surface area contributed by atoms with Gasteiger partial charge in [0.2, 0.25) is 0 Å². The van der Waals surface area contributed by atoms with Gasteiger partial charge in [-0.1, -0.05) is 6.07 Å². The van der Waals surface area contributed by atoms with Crippen molar-refractivity contribution in [3.63, 3.8) is 0 Å². The highest BCUT2D eigenvalue weighted by Crippen LogP contribution is 2.12. The molecule has 0 aliphatic carbocycles. The number of aliphatic carboxylic acids is 1. The van der Waals surface area contributed by atoms with Crippen LogP contribution in [0.2, 0.25) is 0 Å². The third-order valence-corrected chi connectivity index (χ3v) is 3.05. The van der Waals surface area contributed by atoms with E-state index in [-0.39, 0.29) is 6.42 Å². The zero-order valence-electron chi connectivity index (χ0n) is 10.2. The normalized spacial score (nSPS) is 11.9. The summed E-state index contributed by atoms with van der Waals surface area (Å²) in [5, 5.41) is 11.1. The number of carboxylic acids is 1. The molecule has 1 rings (SSSR count). The molecule has 2 N–H and O–H groups in total. The lowest BCUT2D eigenvalue weighted by molar-refractivity contribution is -0.139. The van der Waals surface area contributed by atoms with Crippen molar-refractivity contribution in [1.29, 1.82) is 0 Å². The molecule has 0 saturated carbocycles. The molecule has 1 amide bonds. The van der Waals surface area contributed by atoms with Gasteiger partial charge in [0.1, 0.15) is 6.04 Å². The second-order valence-electron chi connectivity index (χ2n) is 3.75. The van der Waals surface area contributed by atoms with E-state index in [2.05, 4.69) is 5.32 Å². The van der Waals surface area contributed by atoms with Gasteiger partial charge < -0.3 is 10.4 Å². The molecule has 104 valence electrons. The van der Waals surface area contributed by atoms with E-state index in [0.29, 0.717) is 5.75 Å². The van der Waals surface area contributed by atoms with Gasteiger partial charge in [0.25, 0.3) is 5.91 Å². The van der Waals surface area contributed by atoms with Crippen molar-refractivity contribution in [1.82, 2.24) is 5.32 Å². The maximum absolute atomic E-state index is 13.4. The molecule has 0 aliphatic heterocycles. The van der Waals surface area contributed by atoms with E-state index in [1.54, 1.807) is 6.26 Å². The van der Waals surface area contributed by atoms with Crippen molar-refractivity contribution < 1.29 is 23.5 Å². The molecule has 0 aliphatic rings. The molecule has 0 radical (unpaired) electrons. The van der Waals surface area contributed by atoms with Crippen LogP contribution in [-0.2, 0) is 4.79 Å². The summed E-state index contributed by atoms with van der Waals surface area (Å²) in [6.45, 7) is 0. The van der Waals surface area contributed by atoms with E-state index in [4.69, 9.17) is 5.11 Å². The number of rotatable bonds is 6. The van der Waals surface area contributed by atoms with Gasteiger partial charge in [-0.15, -0.1) is 0 Å². The maximum atomic E-state index is 13.4. The second-order valence-corrected chi connectivity index (χ2v) is 4.73. The van der Waals surface area contributed by atoms with E-state index in [0.717, 1.165) is 12.1 Å². The van der Waals surface area contributed by atoms with Crippen molar-refractivity contribution >= 4 is 23.6 Å². The molecule has 0 heterocycles. The third kappa shape index (κ3) is 4.20. The van der Waals surface area contributed by atoms with Gasteiger partial charge in [-0.05, 0) is 30.6 Å². The molecule has 1 aromatic rings. The van der Waals surface area contributed by atoms with Gasteiger partial charge in [0.15, 0.2) is 11.6 Å². The Morgan fingerprint density at radius 2 is 2.11 bits per heavy atom.